The van der Waals surface area contributed by atoms with Gasteiger partial charge in [0.1, 0.15) is 5.75 Å². The van der Waals surface area contributed by atoms with Crippen LogP contribution in [0.1, 0.15) is 42.4 Å². The Morgan fingerprint density at radius 3 is 2.71 bits per heavy atom. The fourth-order valence-corrected chi connectivity index (χ4v) is 6.03. The van der Waals surface area contributed by atoms with Crippen LogP contribution in [0.5, 0.6) is 5.75 Å². The second kappa shape index (κ2) is 9.86. The smallest absolute Gasteiger partial charge is 0.227 e. The summed E-state index contributed by atoms with van der Waals surface area (Å²) in [6.07, 6.45) is 3.86. The Labute approximate surface area is 206 Å². The molecule has 0 aliphatic carbocycles. The number of hydrogen-bond donors (Lipinski definition) is 2. The van der Waals surface area contributed by atoms with Crippen molar-refractivity contribution in [2.45, 2.75) is 50.4 Å². The van der Waals surface area contributed by atoms with Crippen LogP contribution < -0.4 is 0 Å². The number of hydrogen-bond acceptors (Lipinski definition) is 5. The Morgan fingerprint density at radius 1 is 1.18 bits per heavy atom. The van der Waals surface area contributed by atoms with Gasteiger partial charge in [-0.15, -0.1) is 0 Å². The van der Waals surface area contributed by atoms with E-state index >= 15 is 0 Å². The Morgan fingerprint density at radius 2 is 1.97 bits per heavy atom. The number of carbonyl (C=O) groups excluding carboxylic acids is 1. The normalized spacial score (nSPS) is 22.4. The molecule has 2 N–H and O–H groups in total. The number of aromatic hydroxyl groups is 1. The van der Waals surface area contributed by atoms with Gasteiger partial charge in [0.25, 0.3) is 0 Å². The summed E-state index contributed by atoms with van der Waals surface area (Å²) in [6, 6.07) is 13.5. The lowest BCUT2D eigenvalue weighted by Gasteiger charge is -2.44. The number of rotatable bonds is 7. The fourth-order valence-electron chi connectivity index (χ4n) is 5.83. The van der Waals surface area contributed by atoms with E-state index in [0.29, 0.717) is 31.0 Å². The molecule has 0 aromatic heterocycles. The molecule has 3 aliphatic heterocycles. The van der Waals surface area contributed by atoms with Gasteiger partial charge in [-0.1, -0.05) is 35.9 Å². The van der Waals surface area contributed by atoms with Crippen molar-refractivity contribution < 1.29 is 19.7 Å². The highest BCUT2D eigenvalue weighted by molar-refractivity contribution is 6.31. The average Bonchev–Trinajstić information content (AvgIpc) is 3.18. The highest BCUT2D eigenvalue weighted by Gasteiger charge is 2.43. The summed E-state index contributed by atoms with van der Waals surface area (Å²) in [5.41, 5.74) is 3.20. The molecule has 1 amide bonds. The maximum absolute atomic E-state index is 13.6. The molecular formula is C27H33ClN2O4. The number of ether oxygens (including phenoxy) is 1. The molecule has 2 saturated heterocycles. The minimum atomic E-state index is -0.258. The molecule has 2 aromatic rings. The third-order valence-corrected chi connectivity index (χ3v) is 8.26. The number of nitrogens with zero attached hydrogens (tertiary/aromatic N) is 2. The summed E-state index contributed by atoms with van der Waals surface area (Å²) >= 11 is 6.42. The minimum absolute atomic E-state index is 0.0905. The molecule has 6 nitrogen and oxygen atoms in total. The second-order valence-corrected chi connectivity index (χ2v) is 10.3. The van der Waals surface area contributed by atoms with Crippen molar-refractivity contribution in [2.75, 3.05) is 32.8 Å². The summed E-state index contributed by atoms with van der Waals surface area (Å²) in [5, 5.41) is 19.9. The first-order chi connectivity index (χ1) is 16.5. The molecular weight excluding hydrogens is 452 g/mol. The Bertz CT molecular complexity index is 1040. The number of likely N-dealkylation sites (tertiary alicyclic amines) is 2. The van der Waals surface area contributed by atoms with E-state index < -0.39 is 0 Å². The first-order valence-corrected chi connectivity index (χ1v) is 12.7. The predicted octanol–water partition coefficient (Wildman–Crippen LogP) is 3.71. The predicted molar refractivity (Wildman–Crippen MR) is 131 cm³/mol. The van der Waals surface area contributed by atoms with E-state index in [1.807, 2.05) is 4.90 Å². The van der Waals surface area contributed by atoms with E-state index in [4.69, 9.17) is 16.3 Å². The van der Waals surface area contributed by atoms with Gasteiger partial charge in [-0.05, 0) is 67.0 Å². The van der Waals surface area contributed by atoms with Crippen LogP contribution in [0, 0.1) is 5.92 Å². The van der Waals surface area contributed by atoms with E-state index in [-0.39, 0.29) is 35.8 Å². The summed E-state index contributed by atoms with van der Waals surface area (Å²) < 4.78 is 6.31. The van der Waals surface area contributed by atoms with Gasteiger partial charge in [-0.25, -0.2) is 0 Å². The largest absolute Gasteiger partial charge is 0.508 e. The molecule has 2 atom stereocenters. The molecule has 7 heteroatoms. The maximum atomic E-state index is 13.6. The molecule has 0 bridgehead atoms. The van der Waals surface area contributed by atoms with Crippen molar-refractivity contribution in [1.29, 1.82) is 0 Å². The summed E-state index contributed by atoms with van der Waals surface area (Å²) in [7, 11) is 0. The van der Waals surface area contributed by atoms with E-state index in [9.17, 15) is 15.0 Å². The van der Waals surface area contributed by atoms with E-state index in [1.54, 1.807) is 18.2 Å². The van der Waals surface area contributed by atoms with Crippen LogP contribution in [-0.4, -0.2) is 64.7 Å². The summed E-state index contributed by atoms with van der Waals surface area (Å²) in [6.45, 7) is 3.88. The topological polar surface area (TPSA) is 73.2 Å². The summed E-state index contributed by atoms with van der Waals surface area (Å²) in [5.74, 6) is 0.0168. The van der Waals surface area contributed by atoms with Gasteiger partial charge in [0.05, 0.1) is 18.1 Å². The highest BCUT2D eigenvalue weighted by Crippen LogP contribution is 2.44. The molecule has 3 aliphatic rings. The Kier molecular flexibility index (Phi) is 6.85. The van der Waals surface area contributed by atoms with Crippen molar-refractivity contribution >= 4 is 17.5 Å². The van der Waals surface area contributed by atoms with E-state index in [1.165, 1.54) is 11.1 Å². The quantitative estimate of drug-likeness (QED) is 0.626. The molecule has 3 heterocycles. The van der Waals surface area contributed by atoms with Crippen LogP contribution in [-0.2, 0) is 28.2 Å². The van der Waals surface area contributed by atoms with Crippen LogP contribution in [0.2, 0.25) is 5.02 Å². The standard InChI is InChI=1S/C27H33ClN2O4/c28-25-6-5-23(32)16-20(25)15-21(26(33)30-11-7-22(30)8-14-31)17-29-12-9-27(10-13-29)24-4-2-1-3-19(24)18-34-27/h1-6,16,21-22,31-32H,7-15,17-18H2. The van der Waals surface area contributed by atoms with Gasteiger partial charge < -0.3 is 24.7 Å². The number of amides is 1. The number of aliphatic hydroxyl groups is 1. The van der Waals surface area contributed by atoms with Crippen LogP contribution in [0.15, 0.2) is 42.5 Å². The zero-order valence-corrected chi connectivity index (χ0v) is 20.2. The lowest BCUT2D eigenvalue weighted by Crippen LogP contribution is -2.55. The number of fused-ring (bicyclic) bond motifs is 2. The first-order valence-electron chi connectivity index (χ1n) is 12.3. The van der Waals surface area contributed by atoms with E-state index in [2.05, 4.69) is 29.2 Å². The zero-order valence-electron chi connectivity index (χ0n) is 19.5. The van der Waals surface area contributed by atoms with Gasteiger partial charge >= 0.3 is 0 Å². The van der Waals surface area contributed by atoms with Gasteiger partial charge in [0.2, 0.25) is 5.91 Å². The fraction of sp³-hybridized carbons (Fsp3) is 0.519. The Hall–Kier alpha value is -2.12. The number of phenols is 1. The van der Waals surface area contributed by atoms with Crippen LogP contribution in [0.25, 0.3) is 0 Å². The number of phenolic OH excluding ortho intramolecular Hbond substituents is 1. The third kappa shape index (κ3) is 4.57. The van der Waals surface area contributed by atoms with Gasteiger partial charge in [-0.3, -0.25) is 4.79 Å². The monoisotopic (exact) mass is 484 g/mol. The maximum Gasteiger partial charge on any atom is 0.227 e. The molecule has 5 rings (SSSR count). The van der Waals surface area contributed by atoms with E-state index in [0.717, 1.165) is 44.5 Å². The minimum Gasteiger partial charge on any atom is -0.508 e. The van der Waals surface area contributed by atoms with Gasteiger partial charge in [0.15, 0.2) is 0 Å². The molecule has 2 fully saturated rings. The average molecular weight is 485 g/mol. The number of aliphatic hydroxyl groups excluding tert-OH is 1. The molecule has 34 heavy (non-hydrogen) atoms. The molecule has 2 unspecified atom stereocenters. The molecule has 1 spiro atoms. The van der Waals surface area contributed by atoms with Crippen molar-refractivity contribution in [3.05, 3.63) is 64.2 Å². The summed E-state index contributed by atoms with van der Waals surface area (Å²) in [4.78, 5) is 17.9. The van der Waals surface area contributed by atoms with Crippen molar-refractivity contribution in [3.8, 4) is 5.75 Å². The molecule has 182 valence electrons. The van der Waals surface area contributed by atoms with Crippen LogP contribution in [0.4, 0.5) is 0 Å². The number of halogens is 1. The van der Waals surface area contributed by atoms with Gasteiger partial charge in [0, 0.05) is 43.9 Å². The van der Waals surface area contributed by atoms with Gasteiger partial charge in [-0.2, -0.15) is 0 Å². The van der Waals surface area contributed by atoms with Crippen molar-refractivity contribution in [2.24, 2.45) is 5.92 Å². The molecule has 0 saturated carbocycles. The third-order valence-electron chi connectivity index (χ3n) is 7.89. The van der Waals surface area contributed by atoms with Crippen molar-refractivity contribution in [1.82, 2.24) is 9.80 Å². The highest BCUT2D eigenvalue weighted by atomic mass is 35.5. The van der Waals surface area contributed by atoms with Crippen molar-refractivity contribution in [3.63, 3.8) is 0 Å². The number of benzene rings is 2. The lowest BCUT2D eigenvalue weighted by molar-refractivity contribution is -0.145. The number of carbonyl (C=O) groups is 1. The zero-order chi connectivity index (χ0) is 23.7. The second-order valence-electron chi connectivity index (χ2n) is 9.90. The Balaban J connectivity index is 1.30. The lowest BCUT2D eigenvalue weighted by atomic mass is 9.83. The van der Waals surface area contributed by atoms with Crippen LogP contribution in [0.3, 0.4) is 0 Å². The molecule has 0 radical (unpaired) electrons. The number of piperidine rings is 1. The molecule has 2 aromatic carbocycles. The van der Waals surface area contributed by atoms with Crippen LogP contribution >= 0.6 is 11.6 Å². The SMILES string of the molecule is O=C(C(Cc1cc(O)ccc1Cl)CN1CCC2(CC1)OCc1ccccc12)N1CCC1CCO. The first kappa shape index (κ1) is 23.6.